The van der Waals surface area contributed by atoms with Gasteiger partial charge in [-0.05, 0) is 110 Å². The molecule has 0 bridgehead atoms. The molecule has 0 aliphatic rings. The topological polar surface area (TPSA) is 30.7 Å². The van der Waals surface area contributed by atoms with Crippen LogP contribution in [0.4, 0.5) is 0 Å². The summed E-state index contributed by atoms with van der Waals surface area (Å²) in [5.74, 6) is 0. The van der Waals surface area contributed by atoms with Gasteiger partial charge in [-0.2, -0.15) is 0 Å². The van der Waals surface area contributed by atoms with Crippen LogP contribution in [0.15, 0.2) is 213 Å². The van der Waals surface area contributed by atoms with Crippen molar-refractivity contribution in [1.29, 1.82) is 0 Å². The Balaban J connectivity index is 1.16. The Morgan fingerprint density at radius 1 is 0.305 bits per heavy atom. The summed E-state index contributed by atoms with van der Waals surface area (Å²) >= 11 is 0. The van der Waals surface area contributed by atoms with E-state index in [1.54, 1.807) is 0 Å². The number of nitrogens with zero attached hydrogens (tertiary/aromatic N) is 3. The van der Waals surface area contributed by atoms with Gasteiger partial charge >= 0.3 is 0 Å². The molecule has 0 saturated carbocycles. The molecule has 0 fully saturated rings. The zero-order valence-corrected chi connectivity index (χ0v) is 32.0. The number of pyridine rings is 2. The molecule has 3 heterocycles. The number of aromatic nitrogens is 3. The van der Waals surface area contributed by atoms with Crippen LogP contribution < -0.4 is 0 Å². The van der Waals surface area contributed by atoms with Crippen molar-refractivity contribution >= 4 is 65.2 Å². The molecule has 274 valence electrons. The first kappa shape index (κ1) is 33.3. The molecule has 12 aromatic rings. The SMILES string of the molecule is c1ccc(-c2cc(-c3ccccc3)cc(-n3c4ccc(-c5cccc6ccc7cccnc7c56)cc4c4cc(-c5cccc6ccc7cccnc7c56)ccc43)c2)cc1. The first-order valence-corrected chi connectivity index (χ1v) is 20.1. The highest BCUT2D eigenvalue weighted by molar-refractivity contribution is 6.17. The van der Waals surface area contributed by atoms with Crippen LogP contribution >= 0.6 is 0 Å². The lowest BCUT2D eigenvalue weighted by atomic mass is 9.94. The third-order valence-corrected chi connectivity index (χ3v) is 12.0. The van der Waals surface area contributed by atoms with Gasteiger partial charge < -0.3 is 4.57 Å². The van der Waals surface area contributed by atoms with Gasteiger partial charge in [0.15, 0.2) is 0 Å². The summed E-state index contributed by atoms with van der Waals surface area (Å²) in [6.07, 6.45) is 3.80. The summed E-state index contributed by atoms with van der Waals surface area (Å²) in [7, 11) is 0. The molecule has 0 spiro atoms. The van der Waals surface area contributed by atoms with Crippen molar-refractivity contribution in [2.75, 3.05) is 0 Å². The predicted molar refractivity (Wildman–Crippen MR) is 248 cm³/mol. The Kier molecular flexibility index (Phi) is 7.54. The van der Waals surface area contributed by atoms with Crippen molar-refractivity contribution in [3.8, 4) is 50.2 Å². The summed E-state index contributed by atoms with van der Waals surface area (Å²) in [4.78, 5) is 9.80. The second-order valence-corrected chi connectivity index (χ2v) is 15.4. The molecular formula is C56H35N3. The highest BCUT2D eigenvalue weighted by Gasteiger charge is 2.19. The molecule has 3 nitrogen and oxygen atoms in total. The number of hydrogen-bond acceptors (Lipinski definition) is 2. The van der Waals surface area contributed by atoms with Crippen LogP contribution in [0.2, 0.25) is 0 Å². The van der Waals surface area contributed by atoms with Crippen molar-refractivity contribution in [2.24, 2.45) is 0 Å². The van der Waals surface area contributed by atoms with Gasteiger partial charge in [-0.3, -0.25) is 9.97 Å². The molecule has 0 atom stereocenters. The van der Waals surface area contributed by atoms with E-state index in [2.05, 4.69) is 193 Å². The summed E-state index contributed by atoms with van der Waals surface area (Å²) in [5, 5.41) is 9.38. The van der Waals surface area contributed by atoms with Crippen LogP contribution in [0.25, 0.3) is 115 Å². The van der Waals surface area contributed by atoms with Crippen LogP contribution in [0.5, 0.6) is 0 Å². The van der Waals surface area contributed by atoms with Crippen LogP contribution in [-0.4, -0.2) is 14.5 Å². The molecule has 59 heavy (non-hydrogen) atoms. The number of fused-ring (bicyclic) bond motifs is 9. The minimum absolute atomic E-state index is 1.02. The van der Waals surface area contributed by atoms with E-state index >= 15 is 0 Å². The summed E-state index contributed by atoms with van der Waals surface area (Å²) in [5.41, 5.74) is 14.9. The third kappa shape index (κ3) is 5.44. The zero-order valence-electron chi connectivity index (χ0n) is 32.0. The Morgan fingerprint density at radius 2 is 0.763 bits per heavy atom. The van der Waals surface area contributed by atoms with E-state index in [0.717, 1.165) is 49.7 Å². The van der Waals surface area contributed by atoms with Crippen molar-refractivity contribution in [2.45, 2.75) is 0 Å². The second-order valence-electron chi connectivity index (χ2n) is 15.4. The maximum atomic E-state index is 4.90. The Labute approximate surface area is 341 Å². The summed E-state index contributed by atoms with van der Waals surface area (Å²) in [6.45, 7) is 0. The van der Waals surface area contributed by atoms with Gasteiger partial charge in [0, 0.05) is 50.4 Å². The molecule has 0 radical (unpaired) electrons. The minimum atomic E-state index is 1.02. The molecule has 0 saturated heterocycles. The highest BCUT2D eigenvalue weighted by Crippen LogP contribution is 2.42. The number of rotatable bonds is 5. The average molecular weight is 750 g/mol. The molecule has 0 aliphatic carbocycles. The van der Waals surface area contributed by atoms with Crippen LogP contribution in [-0.2, 0) is 0 Å². The van der Waals surface area contributed by atoms with Gasteiger partial charge in [0.25, 0.3) is 0 Å². The molecule has 0 unspecified atom stereocenters. The smallest absolute Gasteiger partial charge is 0.0786 e. The average Bonchev–Trinajstić information content (AvgIpc) is 3.64. The van der Waals surface area contributed by atoms with E-state index in [4.69, 9.17) is 9.97 Å². The third-order valence-electron chi connectivity index (χ3n) is 12.0. The maximum absolute atomic E-state index is 4.90. The maximum Gasteiger partial charge on any atom is 0.0786 e. The van der Waals surface area contributed by atoms with Gasteiger partial charge in [-0.25, -0.2) is 0 Å². The molecule has 3 aromatic heterocycles. The Hall–Kier alpha value is -7.88. The van der Waals surface area contributed by atoms with Crippen LogP contribution in [0.3, 0.4) is 0 Å². The standard InChI is InChI=1S/C56H35N3/c1-3-11-36(12-4-1)44-31-45(37-13-5-2-6-14-37)33-46(32-44)59-51-27-25-42(47-19-7-15-38-21-23-40-17-9-29-57-55(40)53(38)47)34-49(51)50-35-43(26-28-52(50)59)48-20-8-16-39-22-24-41-18-10-30-58-56(41)54(39)48/h1-35H. The lowest BCUT2D eigenvalue weighted by molar-refractivity contribution is 1.18. The lowest BCUT2D eigenvalue weighted by Crippen LogP contribution is -1.96. The van der Waals surface area contributed by atoms with Crippen molar-refractivity contribution in [3.05, 3.63) is 213 Å². The van der Waals surface area contributed by atoms with Crippen LogP contribution in [0.1, 0.15) is 0 Å². The highest BCUT2D eigenvalue weighted by atomic mass is 15.0. The number of benzene rings is 9. The molecule has 0 N–H and O–H groups in total. The van der Waals surface area contributed by atoms with Gasteiger partial charge in [0.05, 0.1) is 22.1 Å². The van der Waals surface area contributed by atoms with Crippen molar-refractivity contribution in [1.82, 2.24) is 14.5 Å². The van der Waals surface area contributed by atoms with Gasteiger partial charge in [0.2, 0.25) is 0 Å². The van der Waals surface area contributed by atoms with Gasteiger partial charge in [-0.1, -0.05) is 146 Å². The van der Waals surface area contributed by atoms with Gasteiger partial charge in [-0.15, -0.1) is 0 Å². The van der Waals surface area contributed by atoms with E-state index in [1.807, 2.05) is 24.5 Å². The predicted octanol–water partition coefficient (Wildman–Crippen LogP) is 14.9. The fraction of sp³-hybridized carbons (Fsp3) is 0. The van der Waals surface area contributed by atoms with Crippen molar-refractivity contribution in [3.63, 3.8) is 0 Å². The Bertz CT molecular complexity index is 3370. The molecule has 12 rings (SSSR count). The largest absolute Gasteiger partial charge is 0.309 e. The molecule has 0 amide bonds. The van der Waals surface area contributed by atoms with E-state index in [1.165, 1.54) is 65.7 Å². The lowest BCUT2D eigenvalue weighted by Gasteiger charge is -2.15. The van der Waals surface area contributed by atoms with E-state index < -0.39 is 0 Å². The van der Waals surface area contributed by atoms with Crippen molar-refractivity contribution < 1.29 is 0 Å². The molecule has 3 heteroatoms. The van der Waals surface area contributed by atoms with Gasteiger partial charge in [0.1, 0.15) is 0 Å². The monoisotopic (exact) mass is 749 g/mol. The first-order valence-electron chi connectivity index (χ1n) is 20.1. The minimum Gasteiger partial charge on any atom is -0.309 e. The molecule has 9 aromatic carbocycles. The van der Waals surface area contributed by atoms with E-state index in [0.29, 0.717) is 0 Å². The first-order chi connectivity index (χ1) is 29.2. The second kappa shape index (κ2) is 13.4. The summed E-state index contributed by atoms with van der Waals surface area (Å²) < 4.78 is 2.46. The number of hydrogen-bond donors (Lipinski definition) is 0. The zero-order chi connectivity index (χ0) is 38.9. The quantitative estimate of drug-likeness (QED) is 0.164. The van der Waals surface area contributed by atoms with Crippen LogP contribution in [0, 0.1) is 0 Å². The normalized spacial score (nSPS) is 11.7. The molecular weight excluding hydrogens is 715 g/mol. The Morgan fingerprint density at radius 3 is 1.25 bits per heavy atom. The fourth-order valence-electron chi connectivity index (χ4n) is 9.28. The van der Waals surface area contributed by atoms with E-state index in [9.17, 15) is 0 Å². The van der Waals surface area contributed by atoms with E-state index in [-0.39, 0.29) is 0 Å². The summed E-state index contributed by atoms with van der Waals surface area (Å²) in [6, 6.07) is 72.7. The fourth-order valence-corrected chi connectivity index (χ4v) is 9.28. The molecule has 0 aliphatic heterocycles.